The van der Waals surface area contributed by atoms with Crippen molar-refractivity contribution >= 4 is 11.9 Å². The number of nitrogens with zero attached hydrogens (tertiary/aromatic N) is 1. The van der Waals surface area contributed by atoms with E-state index < -0.39 is 12.0 Å². The second-order valence-corrected chi connectivity index (χ2v) is 5.11. The molecule has 1 aromatic rings. The number of benzene rings is 1. The van der Waals surface area contributed by atoms with Gasteiger partial charge in [0.25, 0.3) is 0 Å². The van der Waals surface area contributed by atoms with E-state index in [4.69, 9.17) is 5.11 Å². The first kappa shape index (κ1) is 14.5. The first-order chi connectivity index (χ1) is 9.65. The van der Waals surface area contributed by atoms with Gasteiger partial charge in [0.15, 0.2) is 0 Å². The highest BCUT2D eigenvalue weighted by atomic mass is 16.4. The third-order valence-electron chi connectivity index (χ3n) is 3.48. The van der Waals surface area contributed by atoms with E-state index in [0.29, 0.717) is 6.54 Å². The number of hydrogen-bond acceptors (Lipinski definition) is 3. The predicted octanol–water partition coefficient (Wildman–Crippen LogP) is 1.41. The summed E-state index contributed by atoms with van der Waals surface area (Å²) in [5, 5.41) is 11.8. The average molecular weight is 276 g/mol. The Morgan fingerprint density at radius 2 is 1.85 bits per heavy atom. The van der Waals surface area contributed by atoms with Crippen LogP contribution in [0.3, 0.4) is 0 Å². The number of nitrogens with one attached hydrogen (secondary N) is 1. The molecule has 5 heteroatoms. The molecule has 0 bridgehead atoms. The molecule has 0 aliphatic carbocycles. The first-order valence-electron chi connectivity index (χ1n) is 6.93. The number of aliphatic carboxylic acids is 1. The Morgan fingerprint density at radius 3 is 2.45 bits per heavy atom. The number of hydrogen-bond donors (Lipinski definition) is 2. The molecule has 0 spiro atoms. The molecule has 1 aliphatic rings. The maximum Gasteiger partial charge on any atom is 0.305 e. The van der Waals surface area contributed by atoms with Gasteiger partial charge in [-0.2, -0.15) is 0 Å². The molecule has 5 nitrogen and oxygen atoms in total. The second-order valence-electron chi connectivity index (χ2n) is 5.11. The van der Waals surface area contributed by atoms with Crippen molar-refractivity contribution < 1.29 is 14.7 Å². The smallest absolute Gasteiger partial charge is 0.305 e. The molecule has 1 heterocycles. The van der Waals surface area contributed by atoms with Gasteiger partial charge in [-0.05, 0) is 31.5 Å². The van der Waals surface area contributed by atoms with Crippen LogP contribution in [0.5, 0.6) is 0 Å². The quantitative estimate of drug-likeness (QED) is 0.824. The van der Waals surface area contributed by atoms with Crippen molar-refractivity contribution in [3.8, 4) is 0 Å². The molecule has 0 aromatic heterocycles. The van der Waals surface area contributed by atoms with Gasteiger partial charge < -0.3 is 10.4 Å². The zero-order valence-corrected chi connectivity index (χ0v) is 11.4. The van der Waals surface area contributed by atoms with Crippen molar-refractivity contribution in [1.29, 1.82) is 0 Å². The van der Waals surface area contributed by atoms with Gasteiger partial charge in [0.05, 0.1) is 19.0 Å². The molecular formula is C15H20N2O3. The minimum atomic E-state index is -0.916. The minimum absolute atomic E-state index is 0.101. The molecule has 0 radical (unpaired) electrons. The summed E-state index contributed by atoms with van der Waals surface area (Å²) in [6.07, 6.45) is 2.16. The molecule has 1 fully saturated rings. The summed E-state index contributed by atoms with van der Waals surface area (Å²) >= 11 is 0. The Labute approximate surface area is 118 Å². The fraction of sp³-hybridized carbons (Fsp3) is 0.467. The Hall–Kier alpha value is -1.88. The SMILES string of the molecule is O=C(O)C[C@H](NC(=O)CN1CCCC1)c1ccccc1. The Morgan fingerprint density at radius 1 is 1.20 bits per heavy atom. The zero-order valence-electron chi connectivity index (χ0n) is 11.4. The monoisotopic (exact) mass is 276 g/mol. The van der Waals surface area contributed by atoms with Crippen LogP contribution in [0.2, 0.25) is 0 Å². The number of rotatable bonds is 6. The van der Waals surface area contributed by atoms with Crippen LogP contribution in [-0.2, 0) is 9.59 Å². The fourth-order valence-corrected chi connectivity index (χ4v) is 2.50. The third kappa shape index (κ3) is 4.35. The average Bonchev–Trinajstić information content (AvgIpc) is 2.91. The van der Waals surface area contributed by atoms with Crippen LogP contribution < -0.4 is 5.32 Å². The molecule has 2 N–H and O–H groups in total. The topological polar surface area (TPSA) is 69.6 Å². The maximum atomic E-state index is 12.0. The van der Waals surface area contributed by atoms with Crippen molar-refractivity contribution in [2.45, 2.75) is 25.3 Å². The van der Waals surface area contributed by atoms with E-state index in [9.17, 15) is 9.59 Å². The van der Waals surface area contributed by atoms with E-state index >= 15 is 0 Å². The van der Waals surface area contributed by atoms with Gasteiger partial charge in [-0.25, -0.2) is 0 Å². The van der Waals surface area contributed by atoms with E-state index in [1.54, 1.807) is 0 Å². The van der Waals surface area contributed by atoms with Crippen LogP contribution in [0.4, 0.5) is 0 Å². The van der Waals surface area contributed by atoms with Crippen LogP contribution >= 0.6 is 0 Å². The van der Waals surface area contributed by atoms with Crippen molar-refractivity contribution in [3.05, 3.63) is 35.9 Å². The number of carboxylic acids is 1. The predicted molar refractivity (Wildman–Crippen MR) is 75.3 cm³/mol. The molecule has 1 aliphatic heterocycles. The molecular weight excluding hydrogens is 256 g/mol. The number of carbonyl (C=O) groups is 2. The van der Waals surface area contributed by atoms with Gasteiger partial charge in [0.1, 0.15) is 0 Å². The van der Waals surface area contributed by atoms with Crippen LogP contribution in [-0.4, -0.2) is 41.5 Å². The number of carbonyl (C=O) groups excluding carboxylic acids is 1. The normalized spacial score (nSPS) is 16.8. The summed E-state index contributed by atoms with van der Waals surface area (Å²) < 4.78 is 0. The van der Waals surface area contributed by atoms with E-state index in [1.807, 2.05) is 30.3 Å². The van der Waals surface area contributed by atoms with Crippen molar-refractivity contribution in [1.82, 2.24) is 10.2 Å². The van der Waals surface area contributed by atoms with E-state index in [-0.39, 0.29) is 12.3 Å². The lowest BCUT2D eigenvalue weighted by atomic mass is 10.0. The molecule has 108 valence electrons. The Balaban J connectivity index is 1.96. The Bertz CT molecular complexity index is 455. The Kier molecular flexibility index (Phi) is 5.12. The van der Waals surface area contributed by atoms with E-state index in [2.05, 4.69) is 10.2 Å². The van der Waals surface area contributed by atoms with Crippen LogP contribution in [0, 0.1) is 0 Å². The largest absolute Gasteiger partial charge is 0.481 e. The van der Waals surface area contributed by atoms with Crippen LogP contribution in [0.15, 0.2) is 30.3 Å². The van der Waals surface area contributed by atoms with Gasteiger partial charge in [0.2, 0.25) is 5.91 Å². The lowest BCUT2D eigenvalue weighted by Crippen LogP contribution is -2.38. The molecule has 0 unspecified atom stereocenters. The summed E-state index contributed by atoms with van der Waals surface area (Å²) in [4.78, 5) is 25.1. The second kappa shape index (κ2) is 7.05. The third-order valence-corrected chi connectivity index (χ3v) is 3.48. The maximum absolute atomic E-state index is 12.0. The molecule has 1 aromatic carbocycles. The number of likely N-dealkylation sites (tertiary alicyclic amines) is 1. The molecule has 1 saturated heterocycles. The van der Waals surface area contributed by atoms with Crippen molar-refractivity contribution in [3.63, 3.8) is 0 Å². The molecule has 1 amide bonds. The molecule has 2 rings (SSSR count). The molecule has 0 saturated carbocycles. The van der Waals surface area contributed by atoms with E-state index in [0.717, 1.165) is 31.5 Å². The first-order valence-corrected chi connectivity index (χ1v) is 6.93. The minimum Gasteiger partial charge on any atom is -0.481 e. The van der Waals surface area contributed by atoms with E-state index in [1.165, 1.54) is 0 Å². The summed E-state index contributed by atoms with van der Waals surface area (Å²) in [5.41, 5.74) is 0.824. The number of amides is 1. The lowest BCUT2D eigenvalue weighted by Gasteiger charge is -2.20. The highest BCUT2D eigenvalue weighted by Crippen LogP contribution is 2.16. The van der Waals surface area contributed by atoms with Gasteiger partial charge in [-0.3, -0.25) is 14.5 Å². The van der Waals surface area contributed by atoms with Crippen molar-refractivity contribution in [2.24, 2.45) is 0 Å². The standard InChI is InChI=1S/C15H20N2O3/c18-14(11-17-8-4-5-9-17)16-13(10-15(19)20)12-6-2-1-3-7-12/h1-3,6-7,13H,4-5,8-11H2,(H,16,18)(H,19,20)/t13-/m0/s1. The zero-order chi connectivity index (χ0) is 14.4. The summed E-state index contributed by atoms with van der Waals surface area (Å²) in [6.45, 7) is 2.24. The van der Waals surface area contributed by atoms with Gasteiger partial charge in [-0.15, -0.1) is 0 Å². The fourth-order valence-electron chi connectivity index (χ4n) is 2.50. The van der Waals surface area contributed by atoms with Gasteiger partial charge >= 0.3 is 5.97 Å². The van der Waals surface area contributed by atoms with Crippen molar-refractivity contribution in [2.75, 3.05) is 19.6 Å². The number of carboxylic acid groups (broad SMARTS) is 1. The highest BCUT2D eigenvalue weighted by Gasteiger charge is 2.20. The van der Waals surface area contributed by atoms with Gasteiger partial charge in [0, 0.05) is 0 Å². The summed E-state index contributed by atoms with van der Waals surface area (Å²) in [7, 11) is 0. The molecule has 20 heavy (non-hydrogen) atoms. The highest BCUT2D eigenvalue weighted by molar-refractivity contribution is 5.79. The van der Waals surface area contributed by atoms with Crippen LogP contribution in [0.1, 0.15) is 30.9 Å². The summed E-state index contributed by atoms with van der Waals surface area (Å²) in [5.74, 6) is -1.03. The molecule has 1 atom stereocenters. The van der Waals surface area contributed by atoms with Gasteiger partial charge in [-0.1, -0.05) is 30.3 Å². The van der Waals surface area contributed by atoms with Crippen LogP contribution in [0.25, 0.3) is 0 Å². The lowest BCUT2D eigenvalue weighted by molar-refractivity contribution is -0.137. The summed E-state index contributed by atoms with van der Waals surface area (Å²) in [6, 6.07) is 8.76.